The molecule has 21 N–H and O–H groups in total. The number of phenolic OH excluding ortho intramolecular Hbond substituents is 20. The van der Waals surface area contributed by atoms with Gasteiger partial charge in [-0.2, -0.15) is 0 Å². The van der Waals surface area contributed by atoms with Gasteiger partial charge in [-0.05, 0) is 30.3 Å². The third-order valence-electron chi connectivity index (χ3n) is 15.6. The first-order valence-electron chi connectivity index (χ1n) is 25.1. The SMILES string of the molecule is O=C1OC[C@H]2OC(=O)c3cc(O)c(O)c(O)c3-c3c(O)c(O)c(O)c4c3C(=O)O[C@H]([C@H]3OC(=O)c5c-4c(O)c(O)c(O)c5[C@H]3c3c(O)cc4c(c3O)C[C@H](O)[C@@H](c3cc(O)c(O)c(O)c3)O4)[C@@H]2OC(=O)c2cc(O)c(O)c(O)c2-c2c1cc(O)c(O)c2O. The lowest BCUT2D eigenvalue weighted by atomic mass is 9.73. The van der Waals surface area contributed by atoms with Gasteiger partial charge < -0.3 is 136 Å². The first-order valence-corrected chi connectivity index (χ1v) is 25.1. The predicted molar refractivity (Wildman–Crippen MR) is 277 cm³/mol. The molecule has 32 nitrogen and oxygen atoms in total. The summed E-state index contributed by atoms with van der Waals surface area (Å²) in [5.41, 5.74) is -17.9. The second-order valence-corrected chi connectivity index (χ2v) is 20.4. The molecule has 0 amide bonds. The van der Waals surface area contributed by atoms with Crippen LogP contribution in [0.5, 0.6) is 121 Å². The number of fused-ring (bicyclic) bond motifs is 8. The summed E-state index contributed by atoms with van der Waals surface area (Å²) in [4.78, 5) is 75.8. The number of ether oxygens (including phenoxy) is 6. The number of rotatable bonds is 2. The van der Waals surface area contributed by atoms with Crippen LogP contribution in [0.15, 0.2) is 36.4 Å². The first kappa shape index (κ1) is 56.1. The average molecular weight is 1220 g/mol. The van der Waals surface area contributed by atoms with E-state index in [1.807, 2.05) is 0 Å². The second-order valence-electron chi connectivity index (χ2n) is 20.4. The number of aliphatic hydroxyl groups is 1. The minimum Gasteiger partial charge on any atom is -0.507 e. The Labute approximate surface area is 484 Å². The maximum Gasteiger partial charge on any atom is 0.340 e. The van der Waals surface area contributed by atoms with Crippen molar-refractivity contribution in [1.82, 2.24) is 0 Å². The third-order valence-corrected chi connectivity index (χ3v) is 15.6. The van der Waals surface area contributed by atoms with Crippen LogP contribution in [0.1, 0.15) is 86.1 Å². The van der Waals surface area contributed by atoms with E-state index in [1.54, 1.807) is 0 Å². The van der Waals surface area contributed by atoms with Crippen molar-refractivity contribution in [2.24, 2.45) is 0 Å². The Hall–Kier alpha value is -12.4. The Bertz CT molecular complexity index is 4390. The molecule has 0 unspecified atom stereocenters. The van der Waals surface area contributed by atoms with Gasteiger partial charge >= 0.3 is 29.8 Å². The van der Waals surface area contributed by atoms with Crippen molar-refractivity contribution in [3.8, 4) is 154 Å². The van der Waals surface area contributed by atoms with Crippen molar-refractivity contribution in [3.63, 3.8) is 0 Å². The van der Waals surface area contributed by atoms with Gasteiger partial charge in [-0.3, -0.25) is 0 Å². The molecule has 0 aromatic heterocycles. The molecule has 0 fully saturated rings. The molecule has 0 saturated heterocycles. The Morgan fingerprint density at radius 1 is 0.330 bits per heavy atom. The summed E-state index contributed by atoms with van der Waals surface area (Å²) in [6.07, 6.45) is -15.9. The van der Waals surface area contributed by atoms with Gasteiger partial charge in [0.2, 0.25) is 28.7 Å². The van der Waals surface area contributed by atoms with Crippen LogP contribution in [0.3, 0.4) is 0 Å². The molecule has 7 aromatic rings. The summed E-state index contributed by atoms with van der Waals surface area (Å²) in [5, 5.41) is 238. The zero-order valence-corrected chi connectivity index (χ0v) is 43.3. The Morgan fingerprint density at radius 3 is 1.30 bits per heavy atom. The molecular formula is C56H38O32. The lowest BCUT2D eigenvalue weighted by Gasteiger charge is -2.43. The second kappa shape index (κ2) is 19.1. The molecule has 0 saturated carbocycles. The molecule has 0 spiro atoms. The van der Waals surface area contributed by atoms with Crippen LogP contribution in [0.2, 0.25) is 0 Å². The van der Waals surface area contributed by atoms with Crippen LogP contribution in [-0.2, 0) is 30.1 Å². The minimum absolute atomic E-state index is 0.213. The zero-order chi connectivity index (χ0) is 63.6. The van der Waals surface area contributed by atoms with E-state index >= 15 is 19.2 Å². The molecule has 454 valence electrons. The van der Waals surface area contributed by atoms with Gasteiger partial charge in [0.25, 0.3) is 0 Å². The first-order chi connectivity index (χ1) is 41.5. The fourth-order valence-electron chi connectivity index (χ4n) is 11.6. The van der Waals surface area contributed by atoms with Crippen LogP contribution < -0.4 is 4.74 Å². The summed E-state index contributed by atoms with van der Waals surface area (Å²) >= 11 is 0. The van der Waals surface area contributed by atoms with Gasteiger partial charge in [0.1, 0.15) is 23.9 Å². The molecule has 88 heavy (non-hydrogen) atoms. The number of cyclic esters (lactones) is 1. The molecule has 13 rings (SSSR count). The highest BCUT2D eigenvalue weighted by molar-refractivity contribution is 6.17. The Balaban J connectivity index is 1.21. The quantitative estimate of drug-likeness (QED) is 0.0672. The lowest BCUT2D eigenvalue weighted by molar-refractivity contribution is -0.135. The van der Waals surface area contributed by atoms with Crippen LogP contribution >= 0.6 is 0 Å². The fourth-order valence-corrected chi connectivity index (χ4v) is 11.6. The molecule has 6 aliphatic heterocycles. The van der Waals surface area contributed by atoms with Crippen molar-refractivity contribution < 1.29 is 160 Å². The van der Waals surface area contributed by atoms with Gasteiger partial charge in [-0.1, -0.05) is 0 Å². The summed E-state index contributed by atoms with van der Waals surface area (Å²) in [6.45, 7) is -1.65. The molecule has 6 bridgehead atoms. The van der Waals surface area contributed by atoms with Crippen LogP contribution in [0, 0.1) is 0 Å². The van der Waals surface area contributed by atoms with Crippen molar-refractivity contribution >= 4 is 29.8 Å². The Kier molecular flexibility index (Phi) is 12.2. The number of hydrogen-bond donors (Lipinski definition) is 21. The topological polar surface area (TPSA) is 566 Å². The van der Waals surface area contributed by atoms with Gasteiger partial charge in [-0.25, -0.2) is 24.0 Å². The maximum atomic E-state index is 15.8. The van der Waals surface area contributed by atoms with E-state index in [0.717, 1.165) is 12.1 Å². The number of benzene rings is 7. The smallest absolute Gasteiger partial charge is 0.340 e. The monoisotopic (exact) mass is 1220 g/mol. The third kappa shape index (κ3) is 7.70. The average Bonchev–Trinajstić information content (AvgIpc) is 0.866. The highest BCUT2D eigenvalue weighted by Gasteiger charge is 2.57. The molecular weight excluding hydrogens is 1180 g/mol. The molecule has 32 heteroatoms. The van der Waals surface area contributed by atoms with Gasteiger partial charge in [0.05, 0.1) is 39.8 Å². The van der Waals surface area contributed by atoms with Gasteiger partial charge in [0.15, 0.2) is 105 Å². The number of aromatic hydroxyl groups is 20. The van der Waals surface area contributed by atoms with E-state index < -0.39 is 284 Å². The maximum absolute atomic E-state index is 15.8. The number of hydrogen-bond acceptors (Lipinski definition) is 32. The lowest BCUT2D eigenvalue weighted by Crippen LogP contribution is -2.56. The fraction of sp³-hybridized carbons (Fsp3) is 0.161. The summed E-state index contributed by atoms with van der Waals surface area (Å²) in [6, 6.07) is 3.38. The minimum atomic E-state index is -3.04. The largest absolute Gasteiger partial charge is 0.507 e. The highest BCUT2D eigenvalue weighted by Crippen LogP contribution is 2.64. The number of aliphatic hydroxyl groups excluding tert-OH is 1. The van der Waals surface area contributed by atoms with Crippen LogP contribution in [-0.4, -0.2) is 174 Å². The van der Waals surface area contributed by atoms with E-state index in [-0.39, 0.29) is 17.7 Å². The van der Waals surface area contributed by atoms with E-state index in [4.69, 9.17) is 28.4 Å². The van der Waals surface area contributed by atoms with E-state index in [9.17, 15) is 112 Å². The van der Waals surface area contributed by atoms with Gasteiger partial charge in [-0.15, -0.1) is 0 Å². The van der Waals surface area contributed by atoms with Crippen molar-refractivity contribution in [3.05, 3.63) is 86.5 Å². The molecule has 6 aliphatic rings. The van der Waals surface area contributed by atoms with E-state index in [2.05, 4.69) is 0 Å². The number of esters is 5. The zero-order valence-electron chi connectivity index (χ0n) is 43.3. The standard InChI is InChI=1S/C56H38O32/c57-14-7-21-10(3-20(63)48(84-21)9-1-15(58)35(65)16(59)2-9)34(64)26(14)31-30-33-29(44(74)47(77)45(30)75)28-32-27(42(72)46(76)43(28)73)25-13(6-19(62)38(68)41(25)71)53(79)85-22-8-83-52(78)11-4-17(60)36(66)39(69)23(11)24-12(5-18(61)37(67)40(24)70)54(80)86-49(22)51(88-56(32)82)50(31)87-55(33)81/h1-2,4-7,20,22,31,48-51,57-77H,3,8H2/t20-,22+,31+,48+,49+,50-,51-/m0/s1. The number of carbonyl (C=O) groups is 5. The molecule has 7 atom stereocenters. The van der Waals surface area contributed by atoms with Crippen molar-refractivity contribution in [1.29, 1.82) is 0 Å². The van der Waals surface area contributed by atoms with Crippen LogP contribution in [0.4, 0.5) is 0 Å². The summed E-state index contributed by atoms with van der Waals surface area (Å²) in [7, 11) is 0. The van der Waals surface area contributed by atoms with E-state index in [0.29, 0.717) is 12.1 Å². The highest BCUT2D eigenvalue weighted by atomic mass is 16.6. The summed E-state index contributed by atoms with van der Waals surface area (Å²) in [5.74, 6) is -42.4. The van der Waals surface area contributed by atoms with Crippen LogP contribution in [0.25, 0.3) is 33.4 Å². The molecule has 0 aliphatic carbocycles. The Morgan fingerprint density at radius 2 is 0.750 bits per heavy atom. The number of phenols is 20. The van der Waals surface area contributed by atoms with E-state index in [1.165, 1.54) is 0 Å². The van der Waals surface area contributed by atoms with Crippen molar-refractivity contribution in [2.75, 3.05) is 6.61 Å². The normalized spacial score (nSPS) is 20.8. The molecule has 0 radical (unpaired) electrons. The number of carbonyl (C=O) groups excluding carboxylic acids is 5. The van der Waals surface area contributed by atoms with Gasteiger partial charge in [0, 0.05) is 68.1 Å². The summed E-state index contributed by atoms with van der Waals surface area (Å²) < 4.78 is 35.2. The molecule has 6 heterocycles. The predicted octanol–water partition coefficient (Wildman–Crippen LogP) is 2.98. The molecule has 7 aromatic carbocycles. The van der Waals surface area contributed by atoms with Crippen molar-refractivity contribution in [2.45, 2.75) is 49.0 Å².